The molecule has 0 radical (unpaired) electrons. The van der Waals surface area contributed by atoms with Crippen LogP contribution in [-0.4, -0.2) is 42.4 Å². The van der Waals surface area contributed by atoms with Crippen molar-refractivity contribution in [2.75, 3.05) is 19.6 Å². The maximum Gasteiger partial charge on any atom is 0.225 e. The number of rotatable bonds is 4. The monoisotopic (exact) mass is 295 g/mol. The predicted molar refractivity (Wildman–Crippen MR) is 82.5 cm³/mol. The number of amides is 2. The number of nitrogens with one attached hydrogen (secondary N) is 1. The Morgan fingerprint density at radius 1 is 1.29 bits per heavy atom. The Morgan fingerprint density at radius 3 is 2.67 bits per heavy atom. The standard InChI is InChI=1S/C16H29N3O2/c1-11(2)15(20)18-9-12-4-3-7-19(10-12)16(21)13-5-6-14(17)8-13/h11-14H,3-10,17H2,1-2H3,(H,18,20). The van der Waals surface area contributed by atoms with Crippen LogP contribution in [0.15, 0.2) is 0 Å². The normalized spacial score (nSPS) is 29.7. The summed E-state index contributed by atoms with van der Waals surface area (Å²) in [6.07, 6.45) is 4.87. The molecule has 3 unspecified atom stereocenters. The van der Waals surface area contributed by atoms with Gasteiger partial charge in [-0.15, -0.1) is 0 Å². The molecule has 2 amide bonds. The molecule has 3 atom stereocenters. The molecule has 5 heteroatoms. The summed E-state index contributed by atoms with van der Waals surface area (Å²) < 4.78 is 0. The fourth-order valence-electron chi connectivity index (χ4n) is 3.38. The van der Waals surface area contributed by atoms with Crippen molar-refractivity contribution in [1.29, 1.82) is 0 Å². The van der Waals surface area contributed by atoms with Crippen LogP contribution in [0.2, 0.25) is 0 Å². The number of likely N-dealkylation sites (tertiary alicyclic amines) is 1. The Hall–Kier alpha value is -1.10. The first-order valence-electron chi connectivity index (χ1n) is 8.29. The molecule has 0 spiro atoms. The van der Waals surface area contributed by atoms with Gasteiger partial charge in [-0.05, 0) is 38.0 Å². The van der Waals surface area contributed by atoms with Crippen LogP contribution in [-0.2, 0) is 9.59 Å². The summed E-state index contributed by atoms with van der Waals surface area (Å²) in [5.41, 5.74) is 5.91. The fraction of sp³-hybridized carbons (Fsp3) is 0.875. The molecule has 120 valence electrons. The molecule has 0 aromatic rings. The summed E-state index contributed by atoms with van der Waals surface area (Å²) in [6.45, 7) is 6.12. The van der Waals surface area contributed by atoms with Crippen LogP contribution in [0.3, 0.4) is 0 Å². The quantitative estimate of drug-likeness (QED) is 0.816. The highest BCUT2D eigenvalue weighted by atomic mass is 16.2. The molecule has 2 fully saturated rings. The zero-order valence-electron chi connectivity index (χ0n) is 13.3. The topological polar surface area (TPSA) is 75.4 Å². The van der Waals surface area contributed by atoms with Crippen molar-refractivity contribution in [3.63, 3.8) is 0 Å². The summed E-state index contributed by atoms with van der Waals surface area (Å²) >= 11 is 0. The Bertz CT molecular complexity index is 384. The second kappa shape index (κ2) is 7.25. The summed E-state index contributed by atoms with van der Waals surface area (Å²) in [7, 11) is 0. The minimum absolute atomic E-state index is 0.0197. The van der Waals surface area contributed by atoms with Gasteiger partial charge in [-0.25, -0.2) is 0 Å². The number of piperidine rings is 1. The Balaban J connectivity index is 1.80. The predicted octanol–water partition coefficient (Wildman–Crippen LogP) is 1.12. The second-order valence-corrected chi connectivity index (χ2v) is 6.96. The van der Waals surface area contributed by atoms with Gasteiger partial charge in [0, 0.05) is 37.5 Å². The van der Waals surface area contributed by atoms with Crippen LogP contribution in [0.25, 0.3) is 0 Å². The van der Waals surface area contributed by atoms with E-state index in [1.54, 1.807) is 0 Å². The first kappa shape index (κ1) is 16.3. The smallest absolute Gasteiger partial charge is 0.225 e. The summed E-state index contributed by atoms with van der Waals surface area (Å²) in [5, 5.41) is 2.99. The average molecular weight is 295 g/mol. The third-order valence-corrected chi connectivity index (χ3v) is 4.74. The minimum Gasteiger partial charge on any atom is -0.356 e. The van der Waals surface area contributed by atoms with E-state index in [0.29, 0.717) is 12.5 Å². The van der Waals surface area contributed by atoms with Crippen molar-refractivity contribution < 1.29 is 9.59 Å². The molecular formula is C16H29N3O2. The summed E-state index contributed by atoms with van der Waals surface area (Å²) in [6, 6.07) is 0.199. The number of hydrogen-bond donors (Lipinski definition) is 2. The van der Waals surface area contributed by atoms with E-state index in [1.165, 1.54) is 0 Å². The van der Waals surface area contributed by atoms with E-state index in [4.69, 9.17) is 5.73 Å². The highest BCUT2D eigenvalue weighted by molar-refractivity contribution is 5.79. The molecule has 0 bridgehead atoms. The van der Waals surface area contributed by atoms with E-state index in [0.717, 1.165) is 45.2 Å². The minimum atomic E-state index is 0.0197. The maximum absolute atomic E-state index is 12.5. The van der Waals surface area contributed by atoms with E-state index < -0.39 is 0 Å². The van der Waals surface area contributed by atoms with E-state index >= 15 is 0 Å². The van der Waals surface area contributed by atoms with Crippen LogP contribution in [0.5, 0.6) is 0 Å². The lowest BCUT2D eigenvalue weighted by molar-refractivity contribution is -0.137. The van der Waals surface area contributed by atoms with Gasteiger partial charge < -0.3 is 16.0 Å². The van der Waals surface area contributed by atoms with Gasteiger partial charge >= 0.3 is 0 Å². The maximum atomic E-state index is 12.5. The van der Waals surface area contributed by atoms with Crippen molar-refractivity contribution in [3.8, 4) is 0 Å². The van der Waals surface area contributed by atoms with Crippen molar-refractivity contribution in [2.24, 2.45) is 23.5 Å². The lowest BCUT2D eigenvalue weighted by Gasteiger charge is -2.34. The van der Waals surface area contributed by atoms with E-state index in [9.17, 15) is 9.59 Å². The summed E-state index contributed by atoms with van der Waals surface area (Å²) in [5.74, 6) is 0.916. The molecule has 1 saturated heterocycles. The Labute approximate surface area is 127 Å². The summed E-state index contributed by atoms with van der Waals surface area (Å²) in [4.78, 5) is 26.2. The van der Waals surface area contributed by atoms with Gasteiger partial charge in [0.1, 0.15) is 0 Å². The number of carbonyl (C=O) groups excluding carboxylic acids is 2. The third-order valence-electron chi connectivity index (χ3n) is 4.74. The van der Waals surface area contributed by atoms with Gasteiger partial charge in [0.2, 0.25) is 11.8 Å². The fourth-order valence-corrected chi connectivity index (χ4v) is 3.38. The highest BCUT2D eigenvalue weighted by Gasteiger charge is 2.33. The SMILES string of the molecule is CC(C)C(=O)NCC1CCCN(C(=O)C2CCC(N)C2)C1. The average Bonchev–Trinajstić information content (AvgIpc) is 2.90. The third kappa shape index (κ3) is 4.43. The van der Waals surface area contributed by atoms with Gasteiger partial charge in [-0.1, -0.05) is 13.8 Å². The molecule has 1 aliphatic carbocycles. The molecule has 5 nitrogen and oxygen atoms in total. The number of nitrogens with zero attached hydrogens (tertiary/aromatic N) is 1. The Morgan fingerprint density at radius 2 is 2.05 bits per heavy atom. The van der Waals surface area contributed by atoms with E-state index in [-0.39, 0.29) is 29.7 Å². The molecule has 2 rings (SSSR count). The molecule has 1 saturated carbocycles. The van der Waals surface area contributed by atoms with Crippen LogP contribution in [0.4, 0.5) is 0 Å². The van der Waals surface area contributed by atoms with Crippen molar-refractivity contribution >= 4 is 11.8 Å². The van der Waals surface area contributed by atoms with Crippen molar-refractivity contribution in [3.05, 3.63) is 0 Å². The van der Waals surface area contributed by atoms with Gasteiger partial charge in [0.25, 0.3) is 0 Å². The van der Waals surface area contributed by atoms with Gasteiger partial charge in [-0.2, -0.15) is 0 Å². The molecule has 21 heavy (non-hydrogen) atoms. The van der Waals surface area contributed by atoms with Crippen LogP contribution in [0, 0.1) is 17.8 Å². The molecule has 1 heterocycles. The van der Waals surface area contributed by atoms with Crippen LogP contribution in [0.1, 0.15) is 46.0 Å². The second-order valence-electron chi connectivity index (χ2n) is 6.96. The molecule has 0 aromatic heterocycles. The van der Waals surface area contributed by atoms with E-state index in [2.05, 4.69) is 5.32 Å². The molecular weight excluding hydrogens is 266 g/mol. The largest absolute Gasteiger partial charge is 0.356 e. The number of carbonyl (C=O) groups is 2. The van der Waals surface area contributed by atoms with Gasteiger partial charge in [0.15, 0.2) is 0 Å². The number of hydrogen-bond acceptors (Lipinski definition) is 3. The van der Waals surface area contributed by atoms with Crippen molar-refractivity contribution in [2.45, 2.75) is 52.0 Å². The molecule has 3 N–H and O–H groups in total. The van der Waals surface area contributed by atoms with Gasteiger partial charge in [-0.3, -0.25) is 9.59 Å². The molecule has 2 aliphatic rings. The first-order valence-corrected chi connectivity index (χ1v) is 8.29. The lowest BCUT2D eigenvalue weighted by atomic mass is 9.95. The van der Waals surface area contributed by atoms with Crippen molar-refractivity contribution in [1.82, 2.24) is 10.2 Å². The zero-order valence-corrected chi connectivity index (χ0v) is 13.3. The lowest BCUT2D eigenvalue weighted by Crippen LogP contribution is -2.46. The number of nitrogens with two attached hydrogens (primary N) is 1. The van der Waals surface area contributed by atoms with E-state index in [1.807, 2.05) is 18.7 Å². The zero-order chi connectivity index (χ0) is 15.4. The van der Waals surface area contributed by atoms with Gasteiger partial charge in [0.05, 0.1) is 0 Å². The first-order chi connectivity index (χ1) is 9.97. The van der Waals surface area contributed by atoms with Crippen LogP contribution < -0.4 is 11.1 Å². The highest BCUT2D eigenvalue weighted by Crippen LogP contribution is 2.28. The Kier molecular flexibility index (Phi) is 5.62. The molecule has 1 aliphatic heterocycles. The molecule has 0 aromatic carbocycles. The van der Waals surface area contributed by atoms with Crippen LogP contribution >= 0.6 is 0 Å².